The van der Waals surface area contributed by atoms with Gasteiger partial charge in [0.2, 0.25) is 10.0 Å². The number of hydrogen-bond acceptors (Lipinski definition) is 6. The lowest BCUT2D eigenvalue weighted by Crippen LogP contribution is -2.39. The summed E-state index contributed by atoms with van der Waals surface area (Å²) in [6.07, 6.45) is 2.80. The van der Waals surface area contributed by atoms with Crippen molar-refractivity contribution in [2.75, 3.05) is 19.3 Å². The highest BCUT2D eigenvalue weighted by atomic mass is 32.2. The van der Waals surface area contributed by atoms with Gasteiger partial charge in [-0.3, -0.25) is 9.48 Å². The lowest BCUT2D eigenvalue weighted by Gasteiger charge is -2.24. The maximum absolute atomic E-state index is 13.0. The minimum absolute atomic E-state index is 0.0969. The number of nitrogens with zero attached hydrogens (tertiary/aromatic N) is 4. The summed E-state index contributed by atoms with van der Waals surface area (Å²) in [5.41, 5.74) is 1.91. The van der Waals surface area contributed by atoms with Gasteiger partial charge in [0.15, 0.2) is 0 Å². The number of nitrogens with one attached hydrogen (secondary N) is 1. The smallest absolute Gasteiger partial charge is 0.259 e. The average Bonchev–Trinajstić information content (AvgIpc) is 3.04. The van der Waals surface area contributed by atoms with E-state index in [-0.39, 0.29) is 18.4 Å². The Morgan fingerprint density at radius 3 is 2.80 bits per heavy atom. The number of aryl methyl sites for hydroxylation is 2. The first-order valence-electron chi connectivity index (χ1n) is 7.92. The zero-order valence-electron chi connectivity index (χ0n) is 14.4. The van der Waals surface area contributed by atoms with Crippen LogP contribution in [0.15, 0.2) is 16.8 Å². The van der Waals surface area contributed by atoms with Crippen LogP contribution in [0.25, 0.3) is 0 Å². The van der Waals surface area contributed by atoms with Crippen molar-refractivity contribution >= 4 is 15.9 Å². The van der Waals surface area contributed by atoms with Crippen molar-refractivity contribution in [3.05, 3.63) is 35.0 Å². The van der Waals surface area contributed by atoms with Gasteiger partial charge in [-0.1, -0.05) is 5.16 Å². The van der Waals surface area contributed by atoms with Gasteiger partial charge in [0.05, 0.1) is 24.2 Å². The lowest BCUT2D eigenvalue weighted by atomic mass is 10.1. The van der Waals surface area contributed by atoms with E-state index in [2.05, 4.69) is 15.0 Å². The highest BCUT2D eigenvalue weighted by Gasteiger charge is 2.29. The number of hydrogen-bond donors (Lipinski definition) is 1. The van der Waals surface area contributed by atoms with E-state index in [1.54, 1.807) is 24.9 Å². The molecular weight excluding hydrogens is 346 g/mol. The SMILES string of the molecule is Cc1noc(C)c1C(=O)N1Cc2ccnn2CC(CNS(C)(=O)=O)C1. The topological polar surface area (TPSA) is 110 Å². The van der Waals surface area contributed by atoms with Crippen molar-refractivity contribution in [2.45, 2.75) is 26.9 Å². The molecule has 0 spiro atoms. The molecule has 1 aliphatic heterocycles. The molecule has 0 saturated carbocycles. The van der Waals surface area contributed by atoms with Gasteiger partial charge in [0.1, 0.15) is 11.3 Å². The van der Waals surface area contributed by atoms with Crippen molar-refractivity contribution in [3.63, 3.8) is 0 Å². The van der Waals surface area contributed by atoms with Crippen LogP contribution in [0.5, 0.6) is 0 Å². The highest BCUT2D eigenvalue weighted by molar-refractivity contribution is 7.88. The molecule has 3 rings (SSSR count). The number of rotatable bonds is 4. The van der Waals surface area contributed by atoms with Crippen LogP contribution >= 0.6 is 0 Å². The molecular formula is C15H21N5O4S. The first-order valence-corrected chi connectivity index (χ1v) is 9.81. The standard InChI is InChI=1S/C15H21N5O4S/c1-10-14(11(2)24-18-10)15(21)19-7-12(6-17-25(3,22)23)8-20-13(9-19)4-5-16-20/h4-5,12,17H,6-9H2,1-3H3. The van der Waals surface area contributed by atoms with Gasteiger partial charge in [-0.2, -0.15) is 5.10 Å². The molecule has 2 aromatic heterocycles. The van der Waals surface area contributed by atoms with Gasteiger partial charge < -0.3 is 9.42 Å². The summed E-state index contributed by atoms with van der Waals surface area (Å²) < 4.78 is 32.3. The fraction of sp³-hybridized carbons (Fsp3) is 0.533. The maximum Gasteiger partial charge on any atom is 0.259 e. The number of fused-ring (bicyclic) bond motifs is 1. The highest BCUT2D eigenvalue weighted by Crippen LogP contribution is 2.21. The Morgan fingerprint density at radius 2 is 2.16 bits per heavy atom. The molecule has 25 heavy (non-hydrogen) atoms. The van der Waals surface area contributed by atoms with E-state index >= 15 is 0 Å². The third kappa shape index (κ3) is 3.90. The Labute approximate surface area is 146 Å². The summed E-state index contributed by atoms with van der Waals surface area (Å²) in [5, 5.41) is 8.12. The summed E-state index contributed by atoms with van der Waals surface area (Å²) >= 11 is 0. The first-order chi connectivity index (χ1) is 11.7. The van der Waals surface area contributed by atoms with Crippen molar-refractivity contribution < 1.29 is 17.7 Å². The number of sulfonamides is 1. The second-order valence-electron chi connectivity index (χ2n) is 6.38. The molecule has 0 radical (unpaired) electrons. The Bertz CT molecular complexity index is 866. The maximum atomic E-state index is 13.0. The molecule has 9 nitrogen and oxygen atoms in total. The number of carbonyl (C=O) groups is 1. The van der Waals surface area contributed by atoms with Crippen LogP contribution in [0.3, 0.4) is 0 Å². The van der Waals surface area contributed by atoms with E-state index in [9.17, 15) is 13.2 Å². The van der Waals surface area contributed by atoms with Gasteiger partial charge in [0, 0.05) is 31.7 Å². The second-order valence-corrected chi connectivity index (χ2v) is 8.21. The fourth-order valence-electron chi connectivity index (χ4n) is 3.03. The Hall–Kier alpha value is -2.20. The van der Waals surface area contributed by atoms with E-state index in [1.807, 2.05) is 10.7 Å². The van der Waals surface area contributed by atoms with Gasteiger partial charge in [-0.25, -0.2) is 13.1 Å². The fourth-order valence-corrected chi connectivity index (χ4v) is 3.57. The summed E-state index contributed by atoms with van der Waals surface area (Å²) in [6.45, 7) is 5.03. The number of amides is 1. The molecule has 136 valence electrons. The Morgan fingerprint density at radius 1 is 1.40 bits per heavy atom. The molecule has 0 saturated heterocycles. The number of aromatic nitrogens is 3. The Kier molecular flexibility index (Phi) is 4.65. The number of carbonyl (C=O) groups excluding carboxylic acids is 1. The molecule has 0 fully saturated rings. The molecule has 0 aromatic carbocycles. The van der Waals surface area contributed by atoms with Crippen molar-refractivity contribution in [3.8, 4) is 0 Å². The lowest BCUT2D eigenvalue weighted by molar-refractivity contribution is 0.0720. The van der Waals surface area contributed by atoms with Crippen molar-refractivity contribution in [1.82, 2.24) is 24.6 Å². The molecule has 2 aromatic rings. The quantitative estimate of drug-likeness (QED) is 0.833. The van der Waals surface area contributed by atoms with Crippen LogP contribution < -0.4 is 4.72 Å². The molecule has 0 aliphatic carbocycles. The molecule has 3 heterocycles. The van der Waals surface area contributed by atoms with Crippen LogP contribution in [0.4, 0.5) is 0 Å². The third-order valence-corrected chi connectivity index (χ3v) is 4.93. The van der Waals surface area contributed by atoms with E-state index < -0.39 is 10.0 Å². The van der Waals surface area contributed by atoms with Gasteiger partial charge in [-0.05, 0) is 19.9 Å². The van der Waals surface area contributed by atoms with E-state index in [4.69, 9.17) is 4.52 Å². The van der Waals surface area contributed by atoms with E-state index in [0.717, 1.165) is 11.9 Å². The van der Waals surface area contributed by atoms with Crippen LogP contribution in [0.1, 0.15) is 27.5 Å². The van der Waals surface area contributed by atoms with Gasteiger partial charge >= 0.3 is 0 Å². The minimum atomic E-state index is -3.30. The summed E-state index contributed by atoms with van der Waals surface area (Å²) in [6, 6.07) is 1.86. The molecule has 1 unspecified atom stereocenters. The van der Waals surface area contributed by atoms with E-state index in [0.29, 0.717) is 36.7 Å². The summed E-state index contributed by atoms with van der Waals surface area (Å²) in [4.78, 5) is 14.7. The van der Waals surface area contributed by atoms with Crippen LogP contribution in [0, 0.1) is 19.8 Å². The molecule has 1 N–H and O–H groups in total. The van der Waals surface area contributed by atoms with Crippen molar-refractivity contribution in [2.24, 2.45) is 5.92 Å². The van der Waals surface area contributed by atoms with Gasteiger partial charge in [0.25, 0.3) is 5.91 Å². The predicted molar refractivity (Wildman–Crippen MR) is 89.3 cm³/mol. The first kappa shape index (κ1) is 17.6. The zero-order chi connectivity index (χ0) is 18.2. The largest absolute Gasteiger partial charge is 0.361 e. The summed E-state index contributed by atoms with van der Waals surface area (Å²) in [7, 11) is -3.30. The molecule has 1 atom stereocenters. The van der Waals surface area contributed by atoms with Crippen molar-refractivity contribution in [1.29, 1.82) is 0 Å². The molecule has 10 heteroatoms. The normalized spacial score (nSPS) is 18.0. The Balaban J connectivity index is 1.87. The van der Waals surface area contributed by atoms with Crippen LogP contribution in [0.2, 0.25) is 0 Å². The zero-order valence-corrected chi connectivity index (χ0v) is 15.2. The molecule has 1 aliphatic rings. The van der Waals surface area contributed by atoms with Crippen LogP contribution in [-0.4, -0.2) is 53.5 Å². The average molecular weight is 367 g/mol. The van der Waals surface area contributed by atoms with Gasteiger partial charge in [-0.15, -0.1) is 0 Å². The minimum Gasteiger partial charge on any atom is -0.361 e. The van der Waals surface area contributed by atoms with E-state index in [1.165, 1.54) is 0 Å². The third-order valence-electron chi connectivity index (χ3n) is 4.24. The summed E-state index contributed by atoms with van der Waals surface area (Å²) in [5.74, 6) is 0.210. The molecule has 0 bridgehead atoms. The van der Waals surface area contributed by atoms with Crippen LogP contribution in [-0.2, 0) is 23.1 Å². The molecule has 1 amide bonds. The predicted octanol–water partition coefficient (Wildman–Crippen LogP) is 0.309. The monoisotopic (exact) mass is 367 g/mol. The second kappa shape index (κ2) is 6.60.